The smallest absolute Gasteiger partial charge is 0.246 e. The highest BCUT2D eigenvalue weighted by molar-refractivity contribution is 5.40. The third-order valence-electron chi connectivity index (χ3n) is 4.36. The van der Waals surface area contributed by atoms with E-state index in [1.54, 1.807) is 0 Å². The molecular formula is C17H20F2N4O. The number of aromatic nitrogens is 3. The van der Waals surface area contributed by atoms with Crippen LogP contribution in [-0.4, -0.2) is 32.9 Å². The number of aliphatic hydroxyl groups is 1. The lowest BCUT2D eigenvalue weighted by molar-refractivity contribution is 0.194. The molecule has 7 heteroatoms. The fourth-order valence-corrected chi connectivity index (χ4v) is 3.12. The minimum atomic E-state index is -0.900. The summed E-state index contributed by atoms with van der Waals surface area (Å²) >= 11 is 0. The summed E-state index contributed by atoms with van der Waals surface area (Å²) in [4.78, 5) is 6.38. The predicted molar refractivity (Wildman–Crippen MR) is 85.7 cm³/mol. The van der Waals surface area contributed by atoms with E-state index in [9.17, 15) is 13.9 Å². The minimum Gasteiger partial charge on any atom is -0.391 e. The van der Waals surface area contributed by atoms with Crippen molar-refractivity contribution in [3.63, 3.8) is 0 Å². The number of aliphatic hydroxyl groups excluding tert-OH is 1. The largest absolute Gasteiger partial charge is 0.391 e. The first-order chi connectivity index (χ1) is 11.5. The predicted octanol–water partition coefficient (Wildman–Crippen LogP) is 2.59. The van der Waals surface area contributed by atoms with Gasteiger partial charge in [0.1, 0.15) is 0 Å². The van der Waals surface area contributed by atoms with E-state index in [0.29, 0.717) is 24.5 Å². The molecule has 0 unspecified atom stereocenters. The Morgan fingerprint density at radius 3 is 2.54 bits per heavy atom. The number of hydrogen-bond acceptors (Lipinski definition) is 5. The van der Waals surface area contributed by atoms with Crippen LogP contribution in [0.1, 0.15) is 43.3 Å². The Labute approximate surface area is 139 Å². The Bertz CT molecular complexity index is 741. The van der Waals surface area contributed by atoms with Gasteiger partial charge in [0.05, 0.1) is 23.5 Å². The summed E-state index contributed by atoms with van der Waals surface area (Å²) in [7, 11) is 0. The number of aryl methyl sites for hydroxylation is 2. The Morgan fingerprint density at radius 2 is 1.88 bits per heavy atom. The molecule has 0 bridgehead atoms. The van der Waals surface area contributed by atoms with Crippen molar-refractivity contribution in [2.45, 2.75) is 45.3 Å². The molecule has 1 saturated heterocycles. The zero-order chi connectivity index (χ0) is 17.3. The van der Waals surface area contributed by atoms with Crippen molar-refractivity contribution in [2.24, 2.45) is 0 Å². The molecule has 1 aliphatic heterocycles. The van der Waals surface area contributed by atoms with Gasteiger partial charge in [0.15, 0.2) is 11.6 Å². The van der Waals surface area contributed by atoms with Crippen LogP contribution in [0.25, 0.3) is 0 Å². The fourth-order valence-electron chi connectivity index (χ4n) is 3.12. The van der Waals surface area contributed by atoms with E-state index in [2.05, 4.69) is 15.2 Å². The molecule has 2 aromatic rings. The van der Waals surface area contributed by atoms with Gasteiger partial charge in [0.2, 0.25) is 5.95 Å². The van der Waals surface area contributed by atoms with Gasteiger partial charge < -0.3 is 10.0 Å². The maximum Gasteiger partial charge on any atom is 0.246 e. The van der Waals surface area contributed by atoms with Crippen LogP contribution in [0.2, 0.25) is 0 Å². The molecule has 1 N–H and O–H groups in total. The summed E-state index contributed by atoms with van der Waals surface area (Å²) in [5, 5.41) is 18.5. The lowest BCUT2D eigenvalue weighted by Gasteiger charge is -2.25. The zero-order valence-electron chi connectivity index (χ0n) is 13.7. The first kappa shape index (κ1) is 16.7. The van der Waals surface area contributed by atoms with Gasteiger partial charge in [-0.3, -0.25) is 0 Å². The summed E-state index contributed by atoms with van der Waals surface area (Å²) in [6, 6.07) is 3.49. The molecule has 0 radical (unpaired) electrons. The molecular weight excluding hydrogens is 314 g/mol. The van der Waals surface area contributed by atoms with Crippen LogP contribution < -0.4 is 4.90 Å². The van der Waals surface area contributed by atoms with Gasteiger partial charge in [-0.1, -0.05) is 19.9 Å². The number of nitrogens with zero attached hydrogens (tertiary/aromatic N) is 4. The summed E-state index contributed by atoms with van der Waals surface area (Å²) in [5.74, 6) is -1.37. The average Bonchev–Trinajstić information content (AvgIpc) is 2.98. The molecule has 3 rings (SSSR count). The normalized spacial score (nSPS) is 20.6. The summed E-state index contributed by atoms with van der Waals surface area (Å²) in [6.45, 7) is 4.33. The van der Waals surface area contributed by atoms with E-state index < -0.39 is 17.7 Å². The van der Waals surface area contributed by atoms with Gasteiger partial charge in [-0.05, 0) is 37.0 Å². The highest BCUT2D eigenvalue weighted by Crippen LogP contribution is 2.35. The Hall–Kier alpha value is -2.15. The van der Waals surface area contributed by atoms with Crippen molar-refractivity contribution in [3.8, 4) is 0 Å². The first-order valence-electron chi connectivity index (χ1n) is 8.15. The van der Waals surface area contributed by atoms with Crippen LogP contribution >= 0.6 is 0 Å². The molecule has 1 aliphatic rings. The second-order valence-corrected chi connectivity index (χ2v) is 5.94. The van der Waals surface area contributed by atoms with Crippen molar-refractivity contribution in [1.29, 1.82) is 0 Å². The number of benzene rings is 1. The Kier molecular flexibility index (Phi) is 4.71. The fraction of sp³-hybridized carbons (Fsp3) is 0.471. The van der Waals surface area contributed by atoms with Crippen LogP contribution in [0.3, 0.4) is 0 Å². The van der Waals surface area contributed by atoms with Gasteiger partial charge in [-0.25, -0.2) is 13.8 Å². The number of halogens is 2. The van der Waals surface area contributed by atoms with Crippen LogP contribution in [0.4, 0.5) is 14.7 Å². The van der Waals surface area contributed by atoms with E-state index >= 15 is 0 Å². The second-order valence-electron chi connectivity index (χ2n) is 5.94. The van der Waals surface area contributed by atoms with Crippen LogP contribution in [0, 0.1) is 11.6 Å². The van der Waals surface area contributed by atoms with Crippen molar-refractivity contribution in [2.75, 3.05) is 11.4 Å². The van der Waals surface area contributed by atoms with Crippen molar-refractivity contribution in [1.82, 2.24) is 15.2 Å². The lowest BCUT2D eigenvalue weighted by Crippen LogP contribution is -2.27. The van der Waals surface area contributed by atoms with Gasteiger partial charge in [0, 0.05) is 6.54 Å². The third-order valence-corrected chi connectivity index (χ3v) is 4.36. The maximum absolute atomic E-state index is 13.6. The lowest BCUT2D eigenvalue weighted by atomic mass is 10.0. The van der Waals surface area contributed by atoms with Crippen LogP contribution in [-0.2, 0) is 12.8 Å². The quantitative estimate of drug-likeness (QED) is 0.931. The summed E-state index contributed by atoms with van der Waals surface area (Å²) in [6.07, 6.45) is 1.31. The van der Waals surface area contributed by atoms with E-state index in [1.807, 2.05) is 18.7 Å². The number of anilines is 1. The number of hydrogen-bond donors (Lipinski definition) is 1. The number of rotatable bonds is 4. The van der Waals surface area contributed by atoms with E-state index in [1.165, 1.54) is 12.1 Å². The monoisotopic (exact) mass is 334 g/mol. The van der Waals surface area contributed by atoms with E-state index in [-0.39, 0.29) is 6.04 Å². The standard InChI is InChI=1S/C17H20F2N4O/c1-3-14-15(4-2)21-22-17(20-14)23-9-11(24)8-16(23)10-5-6-12(18)13(19)7-10/h5-7,11,16,24H,3-4,8-9H2,1-2H3/t11-,16-/m1/s1. The van der Waals surface area contributed by atoms with Crippen molar-refractivity contribution < 1.29 is 13.9 Å². The highest BCUT2D eigenvalue weighted by atomic mass is 19.2. The third kappa shape index (κ3) is 3.08. The van der Waals surface area contributed by atoms with E-state index in [4.69, 9.17) is 0 Å². The van der Waals surface area contributed by atoms with Crippen molar-refractivity contribution >= 4 is 5.95 Å². The Balaban J connectivity index is 1.97. The second kappa shape index (κ2) is 6.76. The molecule has 0 amide bonds. The molecule has 5 nitrogen and oxygen atoms in total. The summed E-state index contributed by atoms with van der Waals surface area (Å²) < 4.78 is 26.8. The molecule has 128 valence electrons. The van der Waals surface area contributed by atoms with Crippen molar-refractivity contribution in [3.05, 3.63) is 46.8 Å². The molecule has 24 heavy (non-hydrogen) atoms. The Morgan fingerprint density at radius 1 is 1.12 bits per heavy atom. The van der Waals surface area contributed by atoms with E-state index in [0.717, 1.165) is 30.3 Å². The molecule has 2 atom stereocenters. The first-order valence-corrected chi connectivity index (χ1v) is 8.15. The van der Waals surface area contributed by atoms with Crippen LogP contribution in [0.15, 0.2) is 18.2 Å². The SMILES string of the molecule is CCc1nnc(N2C[C@H](O)C[C@@H]2c2ccc(F)c(F)c2)nc1CC. The molecule has 0 saturated carbocycles. The van der Waals surface area contributed by atoms with Crippen LogP contribution in [0.5, 0.6) is 0 Å². The molecule has 2 heterocycles. The van der Waals surface area contributed by atoms with Gasteiger partial charge in [-0.2, -0.15) is 5.10 Å². The average molecular weight is 334 g/mol. The topological polar surface area (TPSA) is 62.1 Å². The maximum atomic E-state index is 13.6. The molecule has 1 aromatic carbocycles. The van der Waals surface area contributed by atoms with Gasteiger partial charge in [-0.15, -0.1) is 5.10 Å². The zero-order valence-corrected chi connectivity index (χ0v) is 13.7. The van der Waals surface area contributed by atoms with Gasteiger partial charge in [0.25, 0.3) is 0 Å². The minimum absolute atomic E-state index is 0.311. The molecule has 1 aromatic heterocycles. The molecule has 0 aliphatic carbocycles. The molecule has 0 spiro atoms. The van der Waals surface area contributed by atoms with Gasteiger partial charge >= 0.3 is 0 Å². The molecule has 1 fully saturated rings. The number of β-amino-alcohol motifs (C(OH)–C–C–N with tert-alkyl or cyclic N) is 1. The highest BCUT2D eigenvalue weighted by Gasteiger charge is 2.34. The summed E-state index contributed by atoms with van der Waals surface area (Å²) in [5.41, 5.74) is 2.31.